The van der Waals surface area contributed by atoms with Crippen LogP contribution >= 0.6 is 0 Å². The Morgan fingerprint density at radius 1 is 1.07 bits per heavy atom. The van der Waals surface area contributed by atoms with Gasteiger partial charge in [-0.2, -0.15) is 0 Å². The number of halogens is 5. The van der Waals surface area contributed by atoms with E-state index in [9.17, 15) is 18.0 Å². The number of aromatic amines is 1. The first-order valence-electron chi connectivity index (χ1n) is 13.7. The number of aromatic nitrogens is 1. The van der Waals surface area contributed by atoms with Crippen LogP contribution in [-0.2, 0) is 20.7 Å². The molecule has 0 fully saturated rings. The van der Waals surface area contributed by atoms with Gasteiger partial charge in [-0.1, -0.05) is 18.2 Å². The van der Waals surface area contributed by atoms with Crippen LogP contribution in [0, 0.1) is 11.6 Å². The number of hydrogen-bond donors (Lipinski definition) is 2. The van der Waals surface area contributed by atoms with Crippen molar-refractivity contribution in [1.29, 1.82) is 0 Å². The molecule has 230 valence electrons. The Kier molecular flexibility index (Phi) is 9.79. The van der Waals surface area contributed by atoms with Crippen molar-refractivity contribution in [3.63, 3.8) is 0 Å². The second-order valence-electron chi connectivity index (χ2n) is 11.2. The van der Waals surface area contributed by atoms with Gasteiger partial charge in [0.25, 0.3) is 5.92 Å². The molecule has 2 heterocycles. The Hall–Kier alpha value is -3.22. The molecule has 2 atom stereocenters. The zero-order chi connectivity index (χ0) is 30.7. The van der Waals surface area contributed by atoms with Crippen LogP contribution in [0.1, 0.15) is 50.1 Å². The number of nitrogens with zero attached hydrogens (tertiary/aromatic N) is 1. The monoisotopic (exact) mass is 598 g/mol. The van der Waals surface area contributed by atoms with E-state index in [0.717, 1.165) is 28.6 Å². The molecular formula is C30H35F5N2O5. The predicted molar refractivity (Wildman–Crippen MR) is 146 cm³/mol. The molecule has 0 saturated heterocycles. The summed E-state index contributed by atoms with van der Waals surface area (Å²) >= 11 is 0. The van der Waals surface area contributed by atoms with Gasteiger partial charge in [-0.15, -0.1) is 0 Å². The van der Waals surface area contributed by atoms with Gasteiger partial charge in [0, 0.05) is 53.3 Å². The highest BCUT2D eigenvalue weighted by Crippen LogP contribution is 2.43. The molecule has 3 aromatic rings. The molecule has 1 aromatic heterocycles. The number of carboxylic acids is 1. The first-order chi connectivity index (χ1) is 19.8. The summed E-state index contributed by atoms with van der Waals surface area (Å²) in [6.45, 7) is 1.62. The number of carbonyl (C=O) groups is 1. The van der Waals surface area contributed by atoms with Gasteiger partial charge in [0.05, 0.1) is 19.3 Å². The van der Waals surface area contributed by atoms with Gasteiger partial charge in [-0.25, -0.2) is 26.7 Å². The lowest BCUT2D eigenvalue weighted by Crippen LogP contribution is -2.48. The summed E-state index contributed by atoms with van der Waals surface area (Å²) in [4.78, 5) is 15.5. The number of benzene rings is 2. The van der Waals surface area contributed by atoms with Gasteiger partial charge in [0.15, 0.2) is 0 Å². The van der Waals surface area contributed by atoms with Crippen molar-refractivity contribution in [3.05, 3.63) is 64.9 Å². The fraction of sp³-hybridized carbons (Fsp3) is 0.500. The van der Waals surface area contributed by atoms with Gasteiger partial charge in [-0.3, -0.25) is 4.90 Å². The molecule has 7 nitrogen and oxygen atoms in total. The number of carboxylic acid groups (broad SMARTS) is 1. The summed E-state index contributed by atoms with van der Waals surface area (Å²) < 4.78 is 88.3. The molecule has 2 N–H and O–H groups in total. The highest BCUT2D eigenvalue weighted by atomic mass is 19.3. The molecule has 42 heavy (non-hydrogen) atoms. The van der Waals surface area contributed by atoms with Crippen molar-refractivity contribution in [1.82, 2.24) is 9.88 Å². The van der Waals surface area contributed by atoms with E-state index in [0.29, 0.717) is 12.1 Å². The van der Waals surface area contributed by atoms with Gasteiger partial charge >= 0.3 is 5.97 Å². The van der Waals surface area contributed by atoms with Crippen molar-refractivity contribution >= 4 is 16.9 Å². The van der Waals surface area contributed by atoms with E-state index in [1.54, 1.807) is 4.90 Å². The van der Waals surface area contributed by atoms with Crippen molar-refractivity contribution in [2.24, 2.45) is 0 Å². The van der Waals surface area contributed by atoms with Gasteiger partial charge in [0.1, 0.15) is 42.9 Å². The molecule has 12 heteroatoms. The first kappa shape index (κ1) is 31.7. The van der Waals surface area contributed by atoms with Gasteiger partial charge < -0.3 is 24.3 Å². The largest absolute Gasteiger partial charge is 0.493 e. The van der Waals surface area contributed by atoms with Gasteiger partial charge in [-0.05, 0) is 38.8 Å². The third-order valence-corrected chi connectivity index (χ3v) is 6.96. The van der Waals surface area contributed by atoms with E-state index in [-0.39, 0.29) is 43.5 Å². The maximum Gasteiger partial charge on any atom is 0.329 e. The third-order valence-electron chi connectivity index (χ3n) is 6.96. The molecule has 4 rings (SSSR count). The standard InChI is InChI=1S/C30H35F5N2O5/c1-18-11-21-20-7-4-5-8-24(20)36-27(21)28(37(18)15-29(2,3)33)26-22(31)12-19(13-23(26)32)42-10-6-9-40-16-30(34,35)17-41-14-25(38)39/h4-5,7-8,12-13,18,28,36H,6,9-11,14-17H2,1-3H3,(H,38,39)/t18-,28-/m1/s1. The lowest BCUT2D eigenvalue weighted by Gasteiger charge is -2.43. The van der Waals surface area contributed by atoms with Crippen molar-refractivity contribution in [3.8, 4) is 5.75 Å². The second-order valence-corrected chi connectivity index (χ2v) is 11.2. The molecule has 0 amide bonds. The number of ether oxygens (including phenoxy) is 3. The Balaban J connectivity index is 1.46. The molecular weight excluding hydrogens is 563 g/mol. The minimum Gasteiger partial charge on any atom is -0.493 e. The van der Waals surface area contributed by atoms with E-state index >= 15 is 8.78 Å². The highest BCUT2D eigenvalue weighted by molar-refractivity contribution is 5.85. The highest BCUT2D eigenvalue weighted by Gasteiger charge is 2.41. The van der Waals surface area contributed by atoms with Crippen molar-refractivity contribution in [2.45, 2.75) is 57.3 Å². The molecule has 0 aliphatic carbocycles. The van der Waals surface area contributed by atoms with E-state index in [1.807, 2.05) is 31.2 Å². The van der Waals surface area contributed by atoms with Gasteiger partial charge in [0.2, 0.25) is 0 Å². The number of H-pyrrole nitrogens is 1. The van der Waals surface area contributed by atoms with Crippen LogP contribution in [-0.4, -0.2) is 78.2 Å². The average molecular weight is 599 g/mol. The minimum atomic E-state index is -3.37. The summed E-state index contributed by atoms with van der Waals surface area (Å²) in [5.41, 5.74) is 0.543. The third kappa shape index (κ3) is 7.78. The van der Waals surface area contributed by atoms with Crippen molar-refractivity contribution in [2.75, 3.05) is 39.6 Å². The zero-order valence-electron chi connectivity index (χ0n) is 23.7. The molecule has 1 aliphatic heterocycles. The summed E-state index contributed by atoms with van der Waals surface area (Å²) in [6, 6.07) is 8.62. The Bertz CT molecular complexity index is 1370. The van der Waals surface area contributed by atoms with Crippen LogP contribution < -0.4 is 4.74 Å². The Morgan fingerprint density at radius 3 is 2.40 bits per heavy atom. The quantitative estimate of drug-likeness (QED) is 0.174. The number of hydrogen-bond acceptors (Lipinski definition) is 5. The summed E-state index contributed by atoms with van der Waals surface area (Å²) in [5, 5.41) is 9.40. The fourth-order valence-electron chi connectivity index (χ4n) is 5.31. The van der Waals surface area contributed by atoms with Crippen LogP contribution in [0.4, 0.5) is 22.0 Å². The lowest BCUT2D eigenvalue weighted by molar-refractivity contribution is -0.152. The van der Waals surface area contributed by atoms with Crippen LogP contribution in [0.15, 0.2) is 36.4 Å². The van der Waals surface area contributed by atoms with Crippen LogP contribution in [0.25, 0.3) is 10.9 Å². The number of aliphatic carboxylic acids is 1. The molecule has 0 spiro atoms. The number of nitrogens with one attached hydrogen (secondary N) is 1. The van der Waals surface area contributed by atoms with E-state index in [4.69, 9.17) is 14.6 Å². The topological polar surface area (TPSA) is 84.0 Å². The Labute approximate surface area is 240 Å². The summed E-state index contributed by atoms with van der Waals surface area (Å²) in [6.07, 6.45) is 0.731. The number of para-hydroxylation sites is 1. The number of alkyl halides is 3. The smallest absolute Gasteiger partial charge is 0.329 e. The lowest BCUT2D eigenvalue weighted by atomic mass is 9.87. The molecule has 0 saturated carbocycles. The fourth-order valence-corrected chi connectivity index (χ4v) is 5.31. The zero-order valence-corrected chi connectivity index (χ0v) is 23.7. The van der Waals surface area contributed by atoms with Crippen molar-refractivity contribution < 1.29 is 46.1 Å². The van der Waals surface area contributed by atoms with E-state index < -0.39 is 55.1 Å². The predicted octanol–water partition coefficient (Wildman–Crippen LogP) is 6.05. The molecule has 0 radical (unpaired) electrons. The SMILES string of the molecule is C[C@@H]1Cc2c([nH]c3ccccc23)[C@@H](c2c(F)cc(OCCCOCC(F)(F)COCC(=O)O)cc2F)N1CC(C)(C)F. The summed E-state index contributed by atoms with van der Waals surface area (Å²) in [5.74, 6) is -6.52. The molecule has 0 unspecified atom stereocenters. The first-order valence-corrected chi connectivity index (χ1v) is 13.7. The average Bonchev–Trinajstić information content (AvgIpc) is 3.24. The normalized spacial score (nSPS) is 17.9. The molecule has 0 bridgehead atoms. The minimum absolute atomic E-state index is 0.0461. The van der Waals surface area contributed by atoms with E-state index in [2.05, 4.69) is 9.72 Å². The summed E-state index contributed by atoms with van der Waals surface area (Å²) in [7, 11) is 0. The maximum absolute atomic E-state index is 15.7. The van der Waals surface area contributed by atoms with Crippen LogP contribution in [0.2, 0.25) is 0 Å². The molecule has 1 aliphatic rings. The van der Waals surface area contributed by atoms with Crippen LogP contribution in [0.3, 0.4) is 0 Å². The Morgan fingerprint density at radius 2 is 1.74 bits per heavy atom. The number of fused-ring (bicyclic) bond motifs is 3. The maximum atomic E-state index is 15.7. The number of rotatable bonds is 14. The van der Waals surface area contributed by atoms with E-state index in [1.165, 1.54) is 13.8 Å². The van der Waals surface area contributed by atoms with Crippen LogP contribution in [0.5, 0.6) is 5.75 Å². The molecule has 2 aromatic carbocycles. The second kappa shape index (κ2) is 13.0.